The highest BCUT2D eigenvalue weighted by Crippen LogP contribution is 2.38. The molecule has 0 spiro atoms. The lowest BCUT2D eigenvalue weighted by molar-refractivity contribution is -0.122. The zero-order valence-corrected chi connectivity index (χ0v) is 18.7. The van der Waals surface area contributed by atoms with Crippen molar-refractivity contribution in [2.24, 2.45) is 0 Å². The largest absolute Gasteiger partial charge is 0.497 e. The Morgan fingerprint density at radius 1 is 1.03 bits per heavy atom. The van der Waals surface area contributed by atoms with Gasteiger partial charge in [0, 0.05) is 18.3 Å². The maximum Gasteiger partial charge on any atom is 0.335 e. The molecule has 1 saturated heterocycles. The van der Waals surface area contributed by atoms with Crippen LogP contribution in [-0.4, -0.2) is 37.5 Å². The highest BCUT2D eigenvalue weighted by molar-refractivity contribution is 6.39. The lowest BCUT2D eigenvalue weighted by Gasteiger charge is -2.40. The average Bonchev–Trinajstić information content (AvgIpc) is 2.75. The summed E-state index contributed by atoms with van der Waals surface area (Å²) in [5.41, 5.74) is 4.06. The summed E-state index contributed by atoms with van der Waals surface area (Å²) in [6, 6.07) is 11.5. The van der Waals surface area contributed by atoms with E-state index in [-0.39, 0.29) is 11.1 Å². The summed E-state index contributed by atoms with van der Waals surface area (Å²) >= 11 is 0. The summed E-state index contributed by atoms with van der Waals surface area (Å²) < 4.78 is 5.12. The Labute approximate surface area is 187 Å². The number of allylic oxidation sites excluding steroid dienone is 1. The number of ether oxygens (including phenoxy) is 1. The van der Waals surface area contributed by atoms with Crippen LogP contribution in [0.15, 0.2) is 54.1 Å². The van der Waals surface area contributed by atoms with E-state index in [4.69, 9.17) is 4.74 Å². The van der Waals surface area contributed by atoms with Gasteiger partial charge in [0.05, 0.1) is 18.3 Å². The number of barbiturate groups is 1. The van der Waals surface area contributed by atoms with E-state index < -0.39 is 17.8 Å². The van der Waals surface area contributed by atoms with Crippen LogP contribution in [0.5, 0.6) is 5.75 Å². The minimum Gasteiger partial charge on any atom is -0.497 e. The molecule has 4 amide bonds. The molecule has 0 unspecified atom stereocenters. The van der Waals surface area contributed by atoms with Crippen molar-refractivity contribution in [2.45, 2.75) is 26.3 Å². The molecule has 2 aromatic carbocycles. The van der Waals surface area contributed by atoms with Gasteiger partial charge in [-0.1, -0.05) is 12.1 Å². The molecule has 7 heteroatoms. The van der Waals surface area contributed by atoms with Gasteiger partial charge in [-0.15, -0.1) is 0 Å². The monoisotopic (exact) mass is 431 g/mol. The molecule has 7 nitrogen and oxygen atoms in total. The number of urea groups is 1. The van der Waals surface area contributed by atoms with Crippen LogP contribution in [0.25, 0.3) is 11.6 Å². The van der Waals surface area contributed by atoms with E-state index in [0.717, 1.165) is 21.7 Å². The molecule has 1 fully saturated rings. The maximum absolute atomic E-state index is 13.1. The Bertz CT molecular complexity index is 1190. The van der Waals surface area contributed by atoms with Gasteiger partial charge in [-0.3, -0.25) is 14.9 Å². The second-order valence-electron chi connectivity index (χ2n) is 8.47. The topological polar surface area (TPSA) is 79.0 Å². The molecule has 32 heavy (non-hydrogen) atoms. The number of benzene rings is 2. The van der Waals surface area contributed by atoms with Crippen LogP contribution in [0.1, 0.15) is 31.9 Å². The summed E-state index contributed by atoms with van der Waals surface area (Å²) in [5, 5.41) is 2.25. The van der Waals surface area contributed by atoms with Crippen molar-refractivity contribution in [3.8, 4) is 5.75 Å². The number of nitrogens with one attached hydrogen (secondary N) is 1. The first kappa shape index (κ1) is 21.4. The Balaban J connectivity index is 1.72. The van der Waals surface area contributed by atoms with Crippen molar-refractivity contribution < 1.29 is 19.1 Å². The van der Waals surface area contributed by atoms with Crippen LogP contribution in [0.3, 0.4) is 0 Å². The highest BCUT2D eigenvalue weighted by Gasteiger charge is 2.37. The fourth-order valence-corrected chi connectivity index (χ4v) is 4.06. The SMILES string of the molecule is COc1ccc(N2C(=O)NC(=O)/C(=C\c3ccc4c(c3)C(C)=CC(C)(C)N4C)C2=O)cc1. The van der Waals surface area contributed by atoms with Crippen LogP contribution >= 0.6 is 0 Å². The second-order valence-corrected chi connectivity index (χ2v) is 8.47. The fraction of sp³-hybridized carbons (Fsp3) is 0.240. The predicted molar refractivity (Wildman–Crippen MR) is 125 cm³/mol. The third-order valence-electron chi connectivity index (χ3n) is 5.98. The summed E-state index contributed by atoms with van der Waals surface area (Å²) in [6.45, 7) is 6.34. The fourth-order valence-electron chi connectivity index (χ4n) is 4.06. The Kier molecular flexibility index (Phi) is 5.12. The number of carbonyl (C=O) groups excluding carboxylic acids is 3. The van der Waals surface area contributed by atoms with E-state index in [2.05, 4.69) is 30.1 Å². The molecule has 2 heterocycles. The first-order valence-electron chi connectivity index (χ1n) is 10.3. The smallest absolute Gasteiger partial charge is 0.335 e. The molecule has 2 aliphatic rings. The van der Waals surface area contributed by atoms with E-state index >= 15 is 0 Å². The van der Waals surface area contributed by atoms with Gasteiger partial charge in [-0.2, -0.15) is 0 Å². The van der Waals surface area contributed by atoms with E-state index in [1.54, 1.807) is 24.3 Å². The van der Waals surface area contributed by atoms with Crippen molar-refractivity contribution in [2.75, 3.05) is 24.0 Å². The molecule has 1 N–H and O–H groups in total. The standard InChI is InChI=1S/C25H25N3O4/c1-15-14-25(2,3)27(4)21-11-6-16(12-19(15)21)13-20-22(29)26-24(31)28(23(20)30)17-7-9-18(32-5)10-8-17/h6-14H,1-5H3,(H,26,29,31)/b20-13+. The molecule has 2 aromatic rings. The number of fused-ring (bicyclic) bond motifs is 1. The first-order valence-corrected chi connectivity index (χ1v) is 10.3. The number of rotatable bonds is 3. The van der Waals surface area contributed by atoms with Gasteiger partial charge >= 0.3 is 6.03 Å². The number of methoxy groups -OCH3 is 1. The van der Waals surface area contributed by atoms with Crippen molar-refractivity contribution >= 4 is 40.9 Å². The molecule has 0 aromatic heterocycles. The van der Waals surface area contributed by atoms with Gasteiger partial charge in [0.2, 0.25) is 0 Å². The van der Waals surface area contributed by atoms with Gasteiger partial charge in [-0.25, -0.2) is 9.69 Å². The van der Waals surface area contributed by atoms with Gasteiger partial charge in [0.15, 0.2) is 0 Å². The minimum atomic E-state index is -0.782. The quantitative estimate of drug-likeness (QED) is 0.587. The number of hydrogen-bond acceptors (Lipinski definition) is 5. The Morgan fingerprint density at radius 2 is 1.72 bits per heavy atom. The molecule has 0 bridgehead atoms. The lowest BCUT2D eigenvalue weighted by Crippen LogP contribution is -2.54. The Morgan fingerprint density at radius 3 is 2.38 bits per heavy atom. The molecular weight excluding hydrogens is 406 g/mol. The molecule has 164 valence electrons. The first-order chi connectivity index (χ1) is 15.1. The lowest BCUT2D eigenvalue weighted by atomic mass is 9.88. The number of carbonyl (C=O) groups is 3. The van der Waals surface area contributed by atoms with Gasteiger partial charge < -0.3 is 9.64 Å². The van der Waals surface area contributed by atoms with E-state index in [1.165, 1.54) is 13.2 Å². The van der Waals surface area contributed by atoms with Crippen LogP contribution in [0.2, 0.25) is 0 Å². The van der Waals surface area contributed by atoms with Crippen molar-refractivity contribution in [3.63, 3.8) is 0 Å². The molecule has 0 aliphatic carbocycles. The normalized spacial score (nSPS) is 19.0. The molecule has 0 saturated carbocycles. The Hall–Kier alpha value is -3.87. The molecule has 0 atom stereocenters. The number of likely N-dealkylation sites (N-methyl/N-ethyl adjacent to an activating group) is 1. The number of amides is 4. The van der Waals surface area contributed by atoms with E-state index in [0.29, 0.717) is 17.0 Å². The van der Waals surface area contributed by atoms with Crippen LogP contribution < -0.4 is 19.9 Å². The van der Waals surface area contributed by atoms with Crippen LogP contribution in [0.4, 0.5) is 16.2 Å². The molecule has 2 aliphatic heterocycles. The average molecular weight is 431 g/mol. The number of nitrogens with zero attached hydrogens (tertiary/aromatic N) is 2. The molecule has 0 radical (unpaired) electrons. The summed E-state index contributed by atoms with van der Waals surface area (Å²) in [6.07, 6.45) is 3.71. The second kappa shape index (κ2) is 7.67. The molecule has 4 rings (SSSR count). The summed E-state index contributed by atoms with van der Waals surface area (Å²) in [5.74, 6) is -0.795. The molecular formula is C25H25N3O4. The van der Waals surface area contributed by atoms with E-state index in [9.17, 15) is 14.4 Å². The van der Waals surface area contributed by atoms with E-state index in [1.807, 2.05) is 32.2 Å². The van der Waals surface area contributed by atoms with Gasteiger partial charge in [-0.05, 0) is 74.4 Å². The van der Waals surface area contributed by atoms with Crippen molar-refractivity contribution in [3.05, 3.63) is 65.2 Å². The third-order valence-corrected chi connectivity index (χ3v) is 5.98. The zero-order chi connectivity index (χ0) is 23.2. The highest BCUT2D eigenvalue weighted by atomic mass is 16.5. The van der Waals surface area contributed by atoms with Crippen LogP contribution in [0, 0.1) is 0 Å². The van der Waals surface area contributed by atoms with Gasteiger partial charge in [0.1, 0.15) is 11.3 Å². The number of imide groups is 2. The predicted octanol–water partition coefficient (Wildman–Crippen LogP) is 3.99. The summed E-state index contributed by atoms with van der Waals surface area (Å²) in [7, 11) is 3.57. The van der Waals surface area contributed by atoms with Crippen LogP contribution in [-0.2, 0) is 9.59 Å². The van der Waals surface area contributed by atoms with Crippen molar-refractivity contribution in [1.82, 2.24) is 5.32 Å². The van der Waals surface area contributed by atoms with Crippen molar-refractivity contribution in [1.29, 1.82) is 0 Å². The zero-order valence-electron chi connectivity index (χ0n) is 18.7. The summed E-state index contributed by atoms with van der Waals surface area (Å²) in [4.78, 5) is 41.2. The number of anilines is 2. The third kappa shape index (κ3) is 3.56. The minimum absolute atomic E-state index is 0.105. The van der Waals surface area contributed by atoms with Gasteiger partial charge in [0.25, 0.3) is 11.8 Å². The maximum atomic E-state index is 13.1. The number of hydrogen-bond donors (Lipinski definition) is 1.